The third-order valence-corrected chi connectivity index (χ3v) is 6.37. The molecule has 0 amide bonds. The van der Waals surface area contributed by atoms with Gasteiger partial charge in [0.2, 0.25) is 0 Å². The van der Waals surface area contributed by atoms with Gasteiger partial charge in [-0.1, -0.05) is 64.2 Å². The van der Waals surface area contributed by atoms with Gasteiger partial charge in [0.25, 0.3) is 0 Å². The number of hydrogen-bond acceptors (Lipinski definition) is 1. The van der Waals surface area contributed by atoms with Gasteiger partial charge in [0.05, 0.1) is 0 Å². The van der Waals surface area contributed by atoms with Crippen molar-refractivity contribution in [3.8, 4) is 0 Å². The Labute approximate surface area is 126 Å². The zero-order valence-electron chi connectivity index (χ0n) is 13.4. The van der Waals surface area contributed by atoms with Crippen molar-refractivity contribution >= 4 is 0 Å². The highest BCUT2D eigenvalue weighted by atomic mass is 15.0. The van der Waals surface area contributed by atoms with E-state index in [1.165, 1.54) is 89.9 Å². The first kappa shape index (κ1) is 14.9. The molecule has 1 aliphatic heterocycles. The number of rotatable bonds is 0. The summed E-state index contributed by atoms with van der Waals surface area (Å²) in [7, 11) is 0. The zero-order valence-corrected chi connectivity index (χ0v) is 13.4. The number of fused-ring (bicyclic) bond motifs is 6. The van der Waals surface area contributed by atoms with Crippen molar-refractivity contribution in [3.63, 3.8) is 0 Å². The van der Waals surface area contributed by atoms with Crippen molar-refractivity contribution in [2.75, 3.05) is 0 Å². The van der Waals surface area contributed by atoms with Crippen LogP contribution in [0.3, 0.4) is 0 Å². The van der Waals surface area contributed by atoms with Gasteiger partial charge in [0.15, 0.2) is 0 Å². The van der Waals surface area contributed by atoms with Crippen LogP contribution in [0.15, 0.2) is 0 Å². The van der Waals surface area contributed by atoms with E-state index in [9.17, 15) is 0 Å². The Hall–Kier alpha value is -0.0400. The summed E-state index contributed by atoms with van der Waals surface area (Å²) in [5, 5.41) is 4.09. The predicted molar refractivity (Wildman–Crippen MR) is 86.9 cm³/mol. The highest BCUT2D eigenvalue weighted by Crippen LogP contribution is 2.37. The lowest BCUT2D eigenvalue weighted by atomic mass is 9.75. The van der Waals surface area contributed by atoms with Crippen LogP contribution in [0.5, 0.6) is 0 Å². The zero-order chi connectivity index (χ0) is 13.6. The second-order valence-electron chi connectivity index (χ2n) is 7.88. The first-order valence-corrected chi connectivity index (χ1v) is 9.68. The maximum Gasteiger partial charge on any atom is 0.00723 e. The summed E-state index contributed by atoms with van der Waals surface area (Å²) in [4.78, 5) is 0. The van der Waals surface area contributed by atoms with Crippen LogP contribution in [0.1, 0.15) is 96.3 Å². The molecule has 1 nitrogen and oxygen atoms in total. The Morgan fingerprint density at radius 2 is 1.05 bits per heavy atom. The Balaban J connectivity index is 1.73. The molecule has 4 bridgehead atoms. The number of hydrogen-bond donors (Lipinski definition) is 1. The lowest BCUT2D eigenvalue weighted by Gasteiger charge is -2.37. The predicted octanol–water partition coefficient (Wildman–Crippen LogP) is 5.44. The van der Waals surface area contributed by atoms with E-state index in [2.05, 4.69) is 5.32 Å². The van der Waals surface area contributed by atoms with E-state index in [1.807, 2.05) is 0 Å². The quantitative estimate of drug-likeness (QED) is 0.622. The lowest BCUT2D eigenvalue weighted by molar-refractivity contribution is 0.176. The fourth-order valence-corrected chi connectivity index (χ4v) is 5.16. The molecule has 0 spiro atoms. The van der Waals surface area contributed by atoms with Gasteiger partial charge in [-0.2, -0.15) is 0 Å². The summed E-state index contributed by atoms with van der Waals surface area (Å²) in [6.45, 7) is 0. The van der Waals surface area contributed by atoms with Gasteiger partial charge in [0, 0.05) is 12.1 Å². The molecule has 1 heterocycles. The highest BCUT2D eigenvalue weighted by molar-refractivity contribution is 4.86. The van der Waals surface area contributed by atoms with E-state index >= 15 is 0 Å². The van der Waals surface area contributed by atoms with E-state index in [0.717, 1.165) is 23.9 Å². The van der Waals surface area contributed by atoms with Crippen molar-refractivity contribution in [2.24, 2.45) is 11.8 Å². The van der Waals surface area contributed by atoms with E-state index in [4.69, 9.17) is 0 Å². The smallest absolute Gasteiger partial charge is 0.00723 e. The lowest BCUT2D eigenvalue weighted by Crippen LogP contribution is -2.43. The van der Waals surface area contributed by atoms with E-state index in [1.54, 1.807) is 6.42 Å². The molecule has 116 valence electrons. The molecule has 2 saturated carbocycles. The maximum atomic E-state index is 4.09. The summed E-state index contributed by atoms with van der Waals surface area (Å²) >= 11 is 0. The molecule has 0 aromatic heterocycles. The average molecular weight is 277 g/mol. The molecule has 0 radical (unpaired) electrons. The average Bonchev–Trinajstić information content (AvgIpc) is 2.56. The maximum absolute atomic E-state index is 4.09. The molecular weight excluding hydrogens is 242 g/mol. The topological polar surface area (TPSA) is 12.0 Å². The monoisotopic (exact) mass is 277 g/mol. The molecule has 0 aromatic rings. The third kappa shape index (κ3) is 4.23. The summed E-state index contributed by atoms with van der Waals surface area (Å²) < 4.78 is 0. The Morgan fingerprint density at radius 1 is 0.450 bits per heavy atom. The standard InChI is InChI=1S/C19H35N/c1-3-7-11-18-14-13-16(9-5-1)17-10-6-2-4-8-12-19(15-17)20-18/h16-20H,1-15H2. The Morgan fingerprint density at radius 3 is 1.80 bits per heavy atom. The van der Waals surface area contributed by atoms with Crippen molar-refractivity contribution < 1.29 is 0 Å². The molecule has 2 aliphatic carbocycles. The van der Waals surface area contributed by atoms with E-state index < -0.39 is 0 Å². The first-order valence-electron chi connectivity index (χ1n) is 9.68. The van der Waals surface area contributed by atoms with Crippen LogP contribution in [-0.4, -0.2) is 12.1 Å². The highest BCUT2D eigenvalue weighted by Gasteiger charge is 2.30. The molecule has 1 heteroatoms. The molecule has 3 rings (SSSR count). The third-order valence-electron chi connectivity index (χ3n) is 6.37. The number of nitrogens with one attached hydrogen (secondary N) is 1. The molecule has 4 unspecified atom stereocenters. The van der Waals surface area contributed by atoms with Gasteiger partial charge in [0.1, 0.15) is 0 Å². The molecule has 4 atom stereocenters. The Bertz CT molecular complexity index is 275. The van der Waals surface area contributed by atoms with Crippen molar-refractivity contribution in [3.05, 3.63) is 0 Å². The Kier molecular flexibility index (Phi) is 5.82. The van der Waals surface area contributed by atoms with Crippen LogP contribution in [0.4, 0.5) is 0 Å². The normalized spacial score (nSPS) is 40.8. The molecule has 1 N–H and O–H groups in total. The van der Waals surface area contributed by atoms with Gasteiger partial charge in [-0.15, -0.1) is 0 Å². The molecule has 0 aromatic carbocycles. The summed E-state index contributed by atoms with van der Waals surface area (Å²) in [6.07, 6.45) is 22.4. The fourth-order valence-electron chi connectivity index (χ4n) is 5.16. The molecule has 1 saturated heterocycles. The largest absolute Gasteiger partial charge is 0.311 e. The van der Waals surface area contributed by atoms with Crippen LogP contribution in [0.2, 0.25) is 0 Å². The van der Waals surface area contributed by atoms with Crippen LogP contribution in [-0.2, 0) is 0 Å². The van der Waals surface area contributed by atoms with E-state index in [0.29, 0.717) is 0 Å². The van der Waals surface area contributed by atoms with Crippen LogP contribution in [0, 0.1) is 11.8 Å². The molecule has 3 fully saturated rings. The summed E-state index contributed by atoms with van der Waals surface area (Å²) in [6, 6.07) is 1.70. The van der Waals surface area contributed by atoms with Gasteiger partial charge in [-0.05, 0) is 43.9 Å². The van der Waals surface area contributed by atoms with Gasteiger partial charge in [-0.3, -0.25) is 0 Å². The van der Waals surface area contributed by atoms with Gasteiger partial charge < -0.3 is 5.32 Å². The second kappa shape index (κ2) is 7.82. The minimum atomic E-state index is 0.849. The van der Waals surface area contributed by atoms with Crippen LogP contribution in [0.25, 0.3) is 0 Å². The minimum Gasteiger partial charge on any atom is -0.311 e. The van der Waals surface area contributed by atoms with Crippen LogP contribution >= 0.6 is 0 Å². The molecular formula is C19H35N. The summed E-state index contributed by atoms with van der Waals surface area (Å²) in [5.74, 6) is 2.12. The van der Waals surface area contributed by atoms with Gasteiger partial charge >= 0.3 is 0 Å². The van der Waals surface area contributed by atoms with Gasteiger partial charge in [-0.25, -0.2) is 0 Å². The SMILES string of the molecule is C1CCCC2CCC(CC1)NC1CCCCCCC2C1. The van der Waals surface area contributed by atoms with Crippen molar-refractivity contribution in [2.45, 2.75) is 108 Å². The van der Waals surface area contributed by atoms with E-state index in [-0.39, 0.29) is 0 Å². The first-order chi connectivity index (χ1) is 9.92. The van der Waals surface area contributed by atoms with Crippen molar-refractivity contribution in [1.82, 2.24) is 5.32 Å². The van der Waals surface area contributed by atoms with Crippen molar-refractivity contribution in [1.29, 1.82) is 0 Å². The van der Waals surface area contributed by atoms with Crippen LogP contribution < -0.4 is 5.32 Å². The molecule has 20 heavy (non-hydrogen) atoms. The second-order valence-corrected chi connectivity index (χ2v) is 7.88. The summed E-state index contributed by atoms with van der Waals surface area (Å²) in [5.41, 5.74) is 0. The molecule has 3 aliphatic rings. The fraction of sp³-hybridized carbons (Fsp3) is 1.00. The minimum absolute atomic E-state index is 0.849.